The molecule has 1 saturated heterocycles. The van der Waals surface area contributed by atoms with Gasteiger partial charge in [0.05, 0.1) is 0 Å². The molecule has 1 atom stereocenters. The molecule has 0 saturated carbocycles. The molecule has 1 aliphatic rings. The maximum Gasteiger partial charge on any atom is 0.249 e. The summed E-state index contributed by atoms with van der Waals surface area (Å²) in [6.45, 7) is 0. The molecule has 1 aliphatic heterocycles. The second kappa shape index (κ2) is 4.15. The smallest absolute Gasteiger partial charge is 0.249 e. The van der Waals surface area contributed by atoms with E-state index in [-0.39, 0.29) is 16.9 Å². The highest BCUT2D eigenvalue weighted by Gasteiger charge is 2.26. The van der Waals surface area contributed by atoms with Crippen LogP contribution in [-0.4, -0.2) is 23.0 Å². The number of nitrogens with one attached hydrogen (secondary N) is 3. The van der Waals surface area contributed by atoms with Gasteiger partial charge in [-0.25, -0.2) is 5.84 Å². The molecule has 1 heterocycles. The minimum Gasteiger partial charge on any atom is -0.350 e. The van der Waals surface area contributed by atoms with Gasteiger partial charge in [-0.15, -0.1) is 0 Å². The van der Waals surface area contributed by atoms with Gasteiger partial charge in [-0.2, -0.15) is 0 Å². The van der Waals surface area contributed by atoms with Crippen molar-refractivity contribution in [2.24, 2.45) is 5.84 Å². The number of hydrazine groups is 1. The van der Waals surface area contributed by atoms with E-state index in [1.165, 1.54) is 0 Å². The molecule has 0 aromatic carbocycles. The van der Waals surface area contributed by atoms with Gasteiger partial charge in [0.2, 0.25) is 11.8 Å². The fraction of sp³-hybridized carbons (Fsp3) is 0.500. The van der Waals surface area contributed by atoms with Crippen LogP contribution in [0, 0.1) is 0 Å². The summed E-state index contributed by atoms with van der Waals surface area (Å²) in [6.07, 6.45) is 0.753. The lowest BCUT2D eigenvalue weighted by molar-refractivity contribution is -0.134. The zero-order valence-electron chi connectivity index (χ0n) is 6.79. The molecule has 0 radical (unpaired) electrons. The third-order valence-corrected chi connectivity index (χ3v) is 1.91. The van der Waals surface area contributed by atoms with Crippen LogP contribution in [0.2, 0.25) is 0 Å². The molecule has 1 rings (SSSR count). The first-order valence-corrected chi connectivity index (χ1v) is 4.15. The van der Waals surface area contributed by atoms with Crippen LogP contribution >= 0.6 is 12.2 Å². The van der Waals surface area contributed by atoms with Crippen LogP contribution in [0.1, 0.15) is 12.8 Å². The van der Waals surface area contributed by atoms with Crippen LogP contribution in [-0.2, 0) is 9.59 Å². The molecule has 0 aliphatic carbocycles. The van der Waals surface area contributed by atoms with Crippen molar-refractivity contribution in [2.75, 3.05) is 0 Å². The zero-order chi connectivity index (χ0) is 9.84. The summed E-state index contributed by atoms with van der Waals surface area (Å²) in [5.74, 6) is 4.39. The molecule has 0 spiro atoms. The summed E-state index contributed by atoms with van der Waals surface area (Å²) in [5, 5.41) is 5.05. The number of hydrogen-bond donors (Lipinski definition) is 4. The average Bonchev–Trinajstić information content (AvgIpc) is 2.09. The van der Waals surface area contributed by atoms with Crippen molar-refractivity contribution in [3.05, 3.63) is 0 Å². The first kappa shape index (κ1) is 9.87. The van der Waals surface area contributed by atoms with Crippen LogP contribution < -0.4 is 21.9 Å². The SMILES string of the molecule is NNC(=S)NC1CCC(=O)NC1=O. The van der Waals surface area contributed by atoms with Crippen LogP contribution in [0.4, 0.5) is 0 Å². The predicted molar refractivity (Wildman–Crippen MR) is 49.2 cm³/mol. The summed E-state index contributed by atoms with van der Waals surface area (Å²) in [6, 6.07) is -0.471. The highest BCUT2D eigenvalue weighted by molar-refractivity contribution is 7.80. The number of rotatable bonds is 1. The van der Waals surface area contributed by atoms with Gasteiger partial charge in [-0.05, 0) is 18.6 Å². The number of imide groups is 1. The minimum absolute atomic E-state index is 0.189. The molecule has 72 valence electrons. The first-order chi connectivity index (χ1) is 6.13. The number of thiocarbonyl (C=S) groups is 1. The van der Waals surface area contributed by atoms with Gasteiger partial charge in [-0.3, -0.25) is 14.9 Å². The lowest BCUT2D eigenvalue weighted by Gasteiger charge is -2.22. The summed E-state index contributed by atoms with van der Waals surface area (Å²) in [4.78, 5) is 21.9. The summed E-state index contributed by atoms with van der Waals surface area (Å²) in [5.41, 5.74) is 2.20. The average molecular weight is 202 g/mol. The number of nitrogens with two attached hydrogens (primary N) is 1. The zero-order valence-corrected chi connectivity index (χ0v) is 7.61. The molecule has 1 fully saturated rings. The van der Waals surface area contributed by atoms with E-state index in [0.717, 1.165) is 0 Å². The largest absolute Gasteiger partial charge is 0.350 e. The van der Waals surface area contributed by atoms with Crippen molar-refractivity contribution in [1.82, 2.24) is 16.1 Å². The number of carbonyl (C=O) groups is 2. The number of carbonyl (C=O) groups excluding carboxylic acids is 2. The Kier molecular flexibility index (Phi) is 3.15. The van der Waals surface area contributed by atoms with Gasteiger partial charge >= 0.3 is 0 Å². The predicted octanol–water partition coefficient (Wildman–Crippen LogP) is -1.87. The van der Waals surface area contributed by atoms with E-state index < -0.39 is 6.04 Å². The Bertz CT molecular complexity index is 255. The second-order valence-corrected chi connectivity index (χ2v) is 3.03. The first-order valence-electron chi connectivity index (χ1n) is 3.74. The van der Waals surface area contributed by atoms with Gasteiger partial charge in [0.15, 0.2) is 5.11 Å². The molecular formula is C6H10N4O2S. The van der Waals surface area contributed by atoms with Gasteiger partial charge in [0, 0.05) is 6.42 Å². The lowest BCUT2D eigenvalue weighted by atomic mass is 10.1. The van der Waals surface area contributed by atoms with Crippen LogP contribution in [0.3, 0.4) is 0 Å². The van der Waals surface area contributed by atoms with Gasteiger partial charge in [0.1, 0.15) is 6.04 Å². The van der Waals surface area contributed by atoms with E-state index >= 15 is 0 Å². The molecule has 0 aromatic heterocycles. The van der Waals surface area contributed by atoms with Crippen LogP contribution in [0.25, 0.3) is 0 Å². The van der Waals surface area contributed by atoms with Gasteiger partial charge in [-0.1, -0.05) is 0 Å². The van der Waals surface area contributed by atoms with Crippen molar-refractivity contribution in [3.63, 3.8) is 0 Å². The highest BCUT2D eigenvalue weighted by atomic mass is 32.1. The lowest BCUT2D eigenvalue weighted by Crippen LogP contribution is -2.55. The van der Waals surface area contributed by atoms with Crippen molar-refractivity contribution in [1.29, 1.82) is 0 Å². The fourth-order valence-electron chi connectivity index (χ4n) is 1.03. The van der Waals surface area contributed by atoms with Crippen LogP contribution in [0.15, 0.2) is 0 Å². The third kappa shape index (κ3) is 2.63. The van der Waals surface area contributed by atoms with E-state index in [4.69, 9.17) is 18.1 Å². The van der Waals surface area contributed by atoms with Crippen molar-refractivity contribution in [2.45, 2.75) is 18.9 Å². The fourth-order valence-corrected chi connectivity index (χ4v) is 1.17. The molecule has 0 aromatic rings. The second-order valence-electron chi connectivity index (χ2n) is 2.62. The summed E-state index contributed by atoms with van der Waals surface area (Å²) >= 11 is 4.71. The third-order valence-electron chi connectivity index (χ3n) is 1.68. The Morgan fingerprint density at radius 1 is 1.62 bits per heavy atom. The van der Waals surface area contributed by atoms with E-state index in [1.54, 1.807) is 0 Å². The number of hydrogen-bond acceptors (Lipinski definition) is 4. The van der Waals surface area contributed by atoms with Crippen molar-refractivity contribution < 1.29 is 9.59 Å². The Hall–Kier alpha value is -1.21. The molecule has 2 amide bonds. The molecule has 6 nitrogen and oxygen atoms in total. The van der Waals surface area contributed by atoms with Crippen LogP contribution in [0.5, 0.6) is 0 Å². The Labute approximate surface area is 80.2 Å². The number of amides is 2. The quantitative estimate of drug-likeness (QED) is 0.172. The molecule has 5 N–H and O–H groups in total. The highest BCUT2D eigenvalue weighted by Crippen LogP contribution is 2.03. The molecule has 0 bridgehead atoms. The van der Waals surface area contributed by atoms with Gasteiger partial charge < -0.3 is 10.7 Å². The van der Waals surface area contributed by atoms with E-state index in [9.17, 15) is 9.59 Å². The summed E-state index contributed by atoms with van der Waals surface area (Å²) < 4.78 is 0. The Morgan fingerprint density at radius 2 is 2.31 bits per heavy atom. The molecule has 1 unspecified atom stereocenters. The molecule has 13 heavy (non-hydrogen) atoms. The number of piperidine rings is 1. The topological polar surface area (TPSA) is 96.2 Å². The summed E-state index contributed by atoms with van der Waals surface area (Å²) in [7, 11) is 0. The Morgan fingerprint density at radius 3 is 2.85 bits per heavy atom. The maximum atomic E-state index is 11.1. The minimum atomic E-state index is -0.471. The molecule has 7 heteroatoms. The standard InChI is InChI=1S/C6H10N4O2S/c7-10-6(13)8-3-1-2-4(11)9-5(3)12/h3H,1-2,7H2,(H2,8,10,13)(H,9,11,12). The maximum absolute atomic E-state index is 11.1. The van der Waals surface area contributed by atoms with E-state index in [0.29, 0.717) is 12.8 Å². The van der Waals surface area contributed by atoms with Crippen molar-refractivity contribution in [3.8, 4) is 0 Å². The van der Waals surface area contributed by atoms with Gasteiger partial charge in [0.25, 0.3) is 0 Å². The molecular weight excluding hydrogens is 192 g/mol. The normalized spacial score (nSPS) is 22.1. The van der Waals surface area contributed by atoms with Crippen molar-refractivity contribution >= 4 is 29.1 Å². The van der Waals surface area contributed by atoms with E-state index in [2.05, 4.69) is 16.1 Å². The van der Waals surface area contributed by atoms with E-state index in [1.807, 2.05) is 0 Å². The monoisotopic (exact) mass is 202 g/mol. The Balaban J connectivity index is 2.47.